The number of nitrogens with two attached hydrogens (primary N) is 1. The first kappa shape index (κ1) is 13.5. The lowest BCUT2D eigenvalue weighted by atomic mass is 9.61. The number of carbonyl (C=O) groups excluding carboxylic acids is 1. The van der Waals surface area contributed by atoms with Gasteiger partial charge in [-0.3, -0.25) is 4.79 Å². The molecule has 1 amide bonds. The molecule has 0 atom stereocenters. The molecule has 2 rings (SSSR count). The maximum absolute atomic E-state index is 12.2. The van der Waals surface area contributed by atoms with E-state index in [-0.39, 0.29) is 11.7 Å². The van der Waals surface area contributed by atoms with Gasteiger partial charge in [0.1, 0.15) is 16.9 Å². The molecule has 0 unspecified atom stereocenters. The van der Waals surface area contributed by atoms with Crippen molar-refractivity contribution in [3.05, 3.63) is 23.7 Å². The van der Waals surface area contributed by atoms with Gasteiger partial charge in [-0.2, -0.15) is 0 Å². The van der Waals surface area contributed by atoms with Gasteiger partial charge < -0.3 is 20.7 Å². The number of amides is 1. The van der Waals surface area contributed by atoms with E-state index in [0.717, 1.165) is 5.76 Å². The lowest BCUT2D eigenvalue weighted by molar-refractivity contribution is -0.133. The van der Waals surface area contributed by atoms with Crippen LogP contribution in [0.1, 0.15) is 31.3 Å². The quantitative estimate of drug-likeness (QED) is 0.331. The summed E-state index contributed by atoms with van der Waals surface area (Å²) in [6, 6.07) is 3.65. The van der Waals surface area contributed by atoms with Crippen molar-refractivity contribution < 1.29 is 14.4 Å². The second-order valence-electron chi connectivity index (χ2n) is 5.28. The van der Waals surface area contributed by atoms with Gasteiger partial charge in [0.25, 0.3) is 0 Å². The highest BCUT2D eigenvalue weighted by Crippen LogP contribution is 2.45. The van der Waals surface area contributed by atoms with Crippen molar-refractivity contribution in [2.45, 2.75) is 33.2 Å². The van der Waals surface area contributed by atoms with Gasteiger partial charge in [0.2, 0.25) is 5.91 Å². The Morgan fingerprint density at radius 3 is 2.79 bits per heavy atom. The van der Waals surface area contributed by atoms with E-state index in [2.05, 4.69) is 10.5 Å². The summed E-state index contributed by atoms with van der Waals surface area (Å²) in [5.74, 6) is 1.66. The summed E-state index contributed by atoms with van der Waals surface area (Å²) in [7, 11) is 0. The maximum atomic E-state index is 12.2. The number of nitrogens with zero attached hydrogens (tertiary/aromatic N) is 1. The lowest BCUT2D eigenvalue weighted by Gasteiger charge is -2.43. The van der Waals surface area contributed by atoms with Gasteiger partial charge in [0.05, 0.1) is 6.54 Å². The molecule has 1 aromatic heterocycles. The Morgan fingerprint density at radius 1 is 1.63 bits per heavy atom. The summed E-state index contributed by atoms with van der Waals surface area (Å²) in [6.45, 7) is 4.18. The number of hydrogen-bond donors (Lipinski definition) is 3. The van der Waals surface area contributed by atoms with Crippen molar-refractivity contribution in [1.82, 2.24) is 5.32 Å². The fourth-order valence-corrected chi connectivity index (χ4v) is 2.65. The molecule has 4 N–H and O–H groups in total. The van der Waals surface area contributed by atoms with E-state index in [0.29, 0.717) is 31.1 Å². The van der Waals surface area contributed by atoms with E-state index in [9.17, 15) is 4.79 Å². The van der Waals surface area contributed by atoms with Gasteiger partial charge in [-0.05, 0) is 37.8 Å². The molecule has 1 heterocycles. The molecule has 1 aromatic rings. The highest BCUT2D eigenvalue weighted by molar-refractivity contribution is 6.07. The monoisotopic (exact) mass is 265 g/mol. The van der Waals surface area contributed by atoms with Crippen LogP contribution in [0.15, 0.2) is 21.7 Å². The van der Waals surface area contributed by atoms with Crippen LogP contribution in [-0.4, -0.2) is 17.0 Å². The van der Waals surface area contributed by atoms with E-state index >= 15 is 0 Å². The number of furan rings is 1. The van der Waals surface area contributed by atoms with Gasteiger partial charge in [-0.25, -0.2) is 0 Å². The standard InChI is InChI=1S/C13H19N3O3/c1-8-5-13(6-8,11(14)16-18)12(17)15-7-10-4-3-9(2)19-10/h3-4,8,18H,5-7H2,1-2H3,(H2,14,16)(H,15,17). The summed E-state index contributed by atoms with van der Waals surface area (Å²) in [5.41, 5.74) is 4.80. The summed E-state index contributed by atoms with van der Waals surface area (Å²) in [6.07, 6.45) is 1.21. The van der Waals surface area contributed by atoms with Gasteiger partial charge in [0.15, 0.2) is 5.84 Å². The fourth-order valence-electron chi connectivity index (χ4n) is 2.65. The SMILES string of the molecule is Cc1ccc(CNC(=O)C2(/C(N)=N/O)CC(C)C2)o1. The fraction of sp³-hybridized carbons (Fsp3) is 0.538. The zero-order valence-corrected chi connectivity index (χ0v) is 11.1. The van der Waals surface area contributed by atoms with Crippen molar-refractivity contribution in [3.63, 3.8) is 0 Å². The van der Waals surface area contributed by atoms with E-state index in [4.69, 9.17) is 15.4 Å². The maximum Gasteiger partial charge on any atom is 0.234 e. The number of hydrogen-bond acceptors (Lipinski definition) is 4. The largest absolute Gasteiger partial charge is 0.465 e. The minimum absolute atomic E-state index is 0.0151. The predicted molar refractivity (Wildman–Crippen MR) is 69.5 cm³/mol. The van der Waals surface area contributed by atoms with Crippen molar-refractivity contribution in [1.29, 1.82) is 0 Å². The van der Waals surface area contributed by atoms with Crippen LogP contribution in [0.2, 0.25) is 0 Å². The summed E-state index contributed by atoms with van der Waals surface area (Å²) >= 11 is 0. The van der Waals surface area contributed by atoms with Gasteiger partial charge in [-0.15, -0.1) is 0 Å². The molecule has 6 nitrogen and oxygen atoms in total. The van der Waals surface area contributed by atoms with Crippen LogP contribution in [0.25, 0.3) is 0 Å². The van der Waals surface area contributed by atoms with Crippen LogP contribution >= 0.6 is 0 Å². The predicted octanol–water partition coefficient (Wildman–Crippen LogP) is 1.37. The van der Waals surface area contributed by atoms with Crippen LogP contribution in [0.3, 0.4) is 0 Å². The van der Waals surface area contributed by atoms with E-state index < -0.39 is 5.41 Å². The molecular formula is C13H19N3O3. The third kappa shape index (κ3) is 2.43. The number of rotatable bonds is 4. The molecule has 0 radical (unpaired) electrons. The highest BCUT2D eigenvalue weighted by atomic mass is 16.4. The molecule has 0 saturated heterocycles. The number of aryl methyl sites for hydroxylation is 1. The van der Waals surface area contributed by atoms with E-state index in [1.807, 2.05) is 26.0 Å². The Balaban J connectivity index is 2.01. The van der Waals surface area contributed by atoms with Gasteiger partial charge in [-0.1, -0.05) is 12.1 Å². The molecule has 19 heavy (non-hydrogen) atoms. The minimum Gasteiger partial charge on any atom is -0.465 e. The first-order valence-corrected chi connectivity index (χ1v) is 6.29. The third-order valence-electron chi connectivity index (χ3n) is 3.65. The highest BCUT2D eigenvalue weighted by Gasteiger charge is 2.52. The molecule has 0 aliphatic heterocycles. The van der Waals surface area contributed by atoms with Crippen LogP contribution in [0.5, 0.6) is 0 Å². The number of amidine groups is 1. The third-order valence-corrected chi connectivity index (χ3v) is 3.65. The second-order valence-corrected chi connectivity index (χ2v) is 5.28. The Morgan fingerprint density at radius 2 is 2.32 bits per heavy atom. The van der Waals surface area contributed by atoms with Crippen molar-refractivity contribution in [2.75, 3.05) is 0 Å². The van der Waals surface area contributed by atoms with Crippen LogP contribution in [-0.2, 0) is 11.3 Å². The number of oxime groups is 1. The molecule has 104 valence electrons. The summed E-state index contributed by atoms with van der Waals surface area (Å²) in [5, 5.41) is 14.6. The van der Waals surface area contributed by atoms with Gasteiger partial charge >= 0.3 is 0 Å². The zero-order chi connectivity index (χ0) is 14.0. The first-order valence-electron chi connectivity index (χ1n) is 6.29. The molecule has 1 fully saturated rings. The van der Waals surface area contributed by atoms with Gasteiger partial charge in [0, 0.05) is 0 Å². The molecule has 1 aliphatic rings. The normalized spacial score (nSPS) is 26.8. The molecule has 1 saturated carbocycles. The average molecular weight is 265 g/mol. The van der Waals surface area contributed by atoms with Crippen LogP contribution in [0, 0.1) is 18.3 Å². The Labute approximate surface area is 111 Å². The molecule has 0 spiro atoms. The number of nitrogens with one attached hydrogen (secondary N) is 1. The molecule has 0 bridgehead atoms. The van der Waals surface area contributed by atoms with Crippen LogP contribution < -0.4 is 11.1 Å². The molecule has 1 aliphatic carbocycles. The van der Waals surface area contributed by atoms with E-state index in [1.54, 1.807) is 0 Å². The molecule has 0 aromatic carbocycles. The smallest absolute Gasteiger partial charge is 0.234 e. The lowest BCUT2D eigenvalue weighted by Crippen LogP contribution is -2.56. The van der Waals surface area contributed by atoms with Crippen LogP contribution in [0.4, 0.5) is 0 Å². The average Bonchev–Trinajstić information content (AvgIpc) is 2.76. The Bertz CT molecular complexity index is 501. The first-order chi connectivity index (χ1) is 8.98. The Kier molecular flexibility index (Phi) is 3.50. The second kappa shape index (κ2) is 4.95. The molecular weight excluding hydrogens is 246 g/mol. The zero-order valence-electron chi connectivity index (χ0n) is 11.1. The Hall–Kier alpha value is -1.98. The molecule has 6 heteroatoms. The number of carbonyl (C=O) groups is 1. The van der Waals surface area contributed by atoms with Crippen molar-refractivity contribution in [2.24, 2.45) is 22.2 Å². The van der Waals surface area contributed by atoms with Crippen molar-refractivity contribution >= 4 is 11.7 Å². The minimum atomic E-state index is -0.865. The van der Waals surface area contributed by atoms with E-state index in [1.165, 1.54) is 0 Å². The summed E-state index contributed by atoms with van der Waals surface area (Å²) in [4.78, 5) is 12.2. The topological polar surface area (TPSA) is 101 Å². The van der Waals surface area contributed by atoms with Crippen molar-refractivity contribution in [3.8, 4) is 0 Å². The summed E-state index contributed by atoms with van der Waals surface area (Å²) < 4.78 is 5.38.